The molecule has 0 saturated carbocycles. The number of benzene rings is 2. The zero-order valence-electron chi connectivity index (χ0n) is 10.9. The Bertz CT molecular complexity index is 704. The summed E-state index contributed by atoms with van der Waals surface area (Å²) in [4.78, 5) is 0. The molecule has 1 atom stereocenters. The van der Waals surface area contributed by atoms with Crippen LogP contribution in [-0.4, -0.2) is 0 Å². The summed E-state index contributed by atoms with van der Waals surface area (Å²) in [7, 11) is 0. The smallest absolute Gasteiger partial charge is 0.124 e. The van der Waals surface area contributed by atoms with Crippen molar-refractivity contribution in [1.82, 2.24) is 0 Å². The molecule has 3 heteroatoms. The van der Waals surface area contributed by atoms with Gasteiger partial charge in [-0.3, -0.25) is 0 Å². The third-order valence-corrected chi connectivity index (χ3v) is 4.43. The van der Waals surface area contributed by atoms with E-state index in [4.69, 9.17) is 11.6 Å². The Hall–Kier alpha value is -1.85. The molecule has 20 heavy (non-hydrogen) atoms. The van der Waals surface area contributed by atoms with Crippen molar-refractivity contribution < 1.29 is 4.39 Å². The van der Waals surface area contributed by atoms with Crippen LogP contribution in [0.2, 0.25) is 5.02 Å². The number of nitrogens with zero attached hydrogens (tertiary/aromatic N) is 1. The summed E-state index contributed by atoms with van der Waals surface area (Å²) in [6, 6.07) is 14.9. The lowest BCUT2D eigenvalue weighted by Gasteiger charge is -2.23. The summed E-state index contributed by atoms with van der Waals surface area (Å²) < 4.78 is 13.1. The van der Waals surface area contributed by atoms with Gasteiger partial charge < -0.3 is 0 Å². The number of aryl methyl sites for hydroxylation is 1. The van der Waals surface area contributed by atoms with E-state index in [-0.39, 0.29) is 5.82 Å². The van der Waals surface area contributed by atoms with Crippen LogP contribution in [0.1, 0.15) is 23.1 Å². The molecule has 0 fully saturated rings. The van der Waals surface area contributed by atoms with Crippen molar-refractivity contribution in [1.29, 1.82) is 5.26 Å². The van der Waals surface area contributed by atoms with E-state index in [1.54, 1.807) is 6.07 Å². The maximum atomic E-state index is 13.1. The van der Waals surface area contributed by atoms with Crippen LogP contribution in [0.5, 0.6) is 0 Å². The molecule has 1 unspecified atom stereocenters. The molecule has 1 aliphatic carbocycles. The molecular weight excluding hydrogens is 273 g/mol. The SMILES string of the molecule is N#CC1(Cc2ccc(F)cc2Cl)CCc2ccccc21. The molecule has 2 aromatic rings. The molecule has 0 aliphatic heterocycles. The molecule has 0 heterocycles. The van der Waals surface area contributed by atoms with Gasteiger partial charge in [0.15, 0.2) is 0 Å². The number of fused-ring (bicyclic) bond motifs is 1. The van der Waals surface area contributed by atoms with Crippen LogP contribution in [0, 0.1) is 17.1 Å². The largest absolute Gasteiger partial charge is 0.207 e. The number of halogens is 2. The fraction of sp³-hybridized carbons (Fsp3) is 0.235. The van der Waals surface area contributed by atoms with Crippen LogP contribution in [0.25, 0.3) is 0 Å². The third kappa shape index (κ3) is 2.09. The van der Waals surface area contributed by atoms with E-state index in [1.165, 1.54) is 17.7 Å². The molecule has 1 aliphatic rings. The van der Waals surface area contributed by atoms with E-state index >= 15 is 0 Å². The zero-order chi connectivity index (χ0) is 14.2. The minimum Gasteiger partial charge on any atom is -0.207 e. The van der Waals surface area contributed by atoms with Gasteiger partial charge >= 0.3 is 0 Å². The van der Waals surface area contributed by atoms with E-state index in [0.717, 1.165) is 24.0 Å². The molecule has 0 N–H and O–H groups in total. The fourth-order valence-corrected chi connectivity index (χ4v) is 3.25. The Morgan fingerprint density at radius 1 is 1.25 bits per heavy atom. The van der Waals surface area contributed by atoms with Gasteiger partial charge in [-0.1, -0.05) is 41.9 Å². The molecule has 0 spiro atoms. The van der Waals surface area contributed by atoms with Gasteiger partial charge in [0.2, 0.25) is 0 Å². The van der Waals surface area contributed by atoms with E-state index < -0.39 is 5.41 Å². The second kappa shape index (κ2) is 4.92. The highest BCUT2D eigenvalue weighted by Gasteiger charge is 2.39. The Labute approximate surface area is 122 Å². The first-order valence-corrected chi connectivity index (χ1v) is 6.96. The minimum absolute atomic E-state index is 0.350. The van der Waals surface area contributed by atoms with Crippen molar-refractivity contribution in [2.24, 2.45) is 0 Å². The van der Waals surface area contributed by atoms with Crippen LogP contribution in [0.4, 0.5) is 4.39 Å². The highest BCUT2D eigenvalue weighted by Crippen LogP contribution is 2.41. The molecule has 0 amide bonds. The highest BCUT2D eigenvalue weighted by molar-refractivity contribution is 6.31. The number of nitriles is 1. The van der Waals surface area contributed by atoms with Crippen LogP contribution in [0.15, 0.2) is 42.5 Å². The predicted molar refractivity (Wildman–Crippen MR) is 77.2 cm³/mol. The molecule has 0 bridgehead atoms. The van der Waals surface area contributed by atoms with Gasteiger partial charge in [-0.15, -0.1) is 0 Å². The summed E-state index contributed by atoms with van der Waals surface area (Å²) in [5, 5.41) is 10.1. The van der Waals surface area contributed by atoms with Gasteiger partial charge in [0.1, 0.15) is 5.82 Å². The van der Waals surface area contributed by atoms with Crippen molar-refractivity contribution in [3.63, 3.8) is 0 Å². The highest BCUT2D eigenvalue weighted by atomic mass is 35.5. The van der Waals surface area contributed by atoms with Crippen molar-refractivity contribution in [3.05, 3.63) is 70.0 Å². The lowest BCUT2D eigenvalue weighted by Crippen LogP contribution is -2.24. The van der Waals surface area contributed by atoms with Crippen LogP contribution in [-0.2, 0) is 18.3 Å². The number of hydrogen-bond donors (Lipinski definition) is 0. The Morgan fingerprint density at radius 2 is 2.05 bits per heavy atom. The number of hydrogen-bond acceptors (Lipinski definition) is 1. The minimum atomic E-state index is -0.544. The van der Waals surface area contributed by atoms with Gasteiger partial charge in [0.25, 0.3) is 0 Å². The van der Waals surface area contributed by atoms with Crippen molar-refractivity contribution in [2.45, 2.75) is 24.7 Å². The molecule has 0 aromatic heterocycles. The van der Waals surface area contributed by atoms with Gasteiger partial charge in [-0.25, -0.2) is 4.39 Å². The van der Waals surface area contributed by atoms with E-state index in [0.29, 0.717) is 11.4 Å². The van der Waals surface area contributed by atoms with Gasteiger partial charge in [-0.05, 0) is 48.1 Å². The Balaban J connectivity index is 2.02. The second-order valence-corrected chi connectivity index (χ2v) is 5.67. The predicted octanol–water partition coefficient (Wildman–Crippen LogP) is 4.43. The van der Waals surface area contributed by atoms with Crippen LogP contribution >= 0.6 is 11.6 Å². The molecule has 100 valence electrons. The standard InChI is InChI=1S/C17H13ClFN/c18-16-9-14(19)6-5-13(16)10-17(11-20)8-7-12-3-1-2-4-15(12)17/h1-6,9H,7-8,10H2. The Morgan fingerprint density at radius 3 is 2.80 bits per heavy atom. The monoisotopic (exact) mass is 285 g/mol. The second-order valence-electron chi connectivity index (χ2n) is 5.26. The molecule has 0 saturated heterocycles. The molecule has 2 aromatic carbocycles. The van der Waals surface area contributed by atoms with E-state index in [2.05, 4.69) is 12.1 Å². The number of rotatable bonds is 2. The maximum Gasteiger partial charge on any atom is 0.124 e. The van der Waals surface area contributed by atoms with Gasteiger partial charge in [0, 0.05) is 5.02 Å². The molecular formula is C17H13ClFN. The third-order valence-electron chi connectivity index (χ3n) is 4.08. The molecule has 3 rings (SSSR count). The maximum absolute atomic E-state index is 13.1. The molecule has 0 radical (unpaired) electrons. The molecule has 1 nitrogen and oxygen atoms in total. The van der Waals surface area contributed by atoms with Gasteiger partial charge in [-0.2, -0.15) is 5.26 Å². The summed E-state index contributed by atoms with van der Waals surface area (Å²) in [6.45, 7) is 0. The Kier molecular flexibility index (Phi) is 3.23. The van der Waals surface area contributed by atoms with Crippen LogP contribution in [0.3, 0.4) is 0 Å². The average molecular weight is 286 g/mol. The summed E-state index contributed by atoms with van der Waals surface area (Å²) >= 11 is 6.10. The quantitative estimate of drug-likeness (QED) is 0.801. The first-order valence-electron chi connectivity index (χ1n) is 6.58. The van der Waals surface area contributed by atoms with Gasteiger partial charge in [0.05, 0.1) is 11.5 Å². The van der Waals surface area contributed by atoms with E-state index in [1.807, 2.05) is 18.2 Å². The topological polar surface area (TPSA) is 23.8 Å². The summed E-state index contributed by atoms with van der Waals surface area (Å²) in [5.41, 5.74) is 2.60. The lowest BCUT2D eigenvalue weighted by molar-refractivity contribution is 0.540. The zero-order valence-corrected chi connectivity index (χ0v) is 11.6. The fourth-order valence-electron chi connectivity index (χ4n) is 3.02. The van der Waals surface area contributed by atoms with Crippen LogP contribution < -0.4 is 0 Å². The lowest BCUT2D eigenvalue weighted by atomic mass is 9.78. The first-order chi connectivity index (χ1) is 9.64. The van der Waals surface area contributed by atoms with Crippen molar-refractivity contribution >= 4 is 11.6 Å². The average Bonchev–Trinajstić information content (AvgIpc) is 2.82. The van der Waals surface area contributed by atoms with Crippen molar-refractivity contribution in [2.75, 3.05) is 0 Å². The summed E-state index contributed by atoms with van der Waals surface area (Å²) in [5.74, 6) is -0.350. The van der Waals surface area contributed by atoms with E-state index in [9.17, 15) is 9.65 Å². The summed E-state index contributed by atoms with van der Waals surface area (Å²) in [6.07, 6.45) is 2.22. The normalized spacial score (nSPS) is 20.4. The first kappa shape index (κ1) is 13.1. The van der Waals surface area contributed by atoms with Crippen molar-refractivity contribution in [3.8, 4) is 6.07 Å².